The molecule has 0 fully saturated rings. The predicted octanol–water partition coefficient (Wildman–Crippen LogP) is 5.99. The fourth-order valence-corrected chi connectivity index (χ4v) is 6.66. The summed E-state index contributed by atoms with van der Waals surface area (Å²) in [5, 5.41) is 15.2. The molecular weight excluding hydrogens is 566 g/mol. The molecule has 3 aromatic heterocycles. The van der Waals surface area contributed by atoms with Gasteiger partial charge in [-0.05, 0) is 52.9 Å². The van der Waals surface area contributed by atoms with Crippen LogP contribution in [-0.4, -0.2) is 56.8 Å². The summed E-state index contributed by atoms with van der Waals surface area (Å²) in [5.74, 6) is 0.492. The Morgan fingerprint density at radius 2 is 1.72 bits per heavy atom. The van der Waals surface area contributed by atoms with Gasteiger partial charge in [0.15, 0.2) is 0 Å². The van der Waals surface area contributed by atoms with Crippen LogP contribution in [0.15, 0.2) is 94.6 Å². The molecule has 10 nitrogen and oxygen atoms in total. The van der Waals surface area contributed by atoms with Crippen LogP contribution in [0, 0.1) is 5.41 Å². The molecule has 43 heavy (non-hydrogen) atoms. The highest BCUT2D eigenvalue weighted by Gasteiger charge is 2.25. The number of carbonyl (C=O) groups is 1. The van der Waals surface area contributed by atoms with Crippen LogP contribution >= 0.6 is 0 Å². The lowest BCUT2D eigenvalue weighted by Gasteiger charge is -2.26. The van der Waals surface area contributed by atoms with E-state index in [1.807, 2.05) is 30.3 Å². The van der Waals surface area contributed by atoms with E-state index in [0.717, 1.165) is 15.0 Å². The number of fused-ring (bicyclic) bond motifs is 2. The van der Waals surface area contributed by atoms with E-state index >= 15 is 0 Å². The van der Waals surface area contributed by atoms with Crippen LogP contribution in [0.3, 0.4) is 0 Å². The van der Waals surface area contributed by atoms with E-state index in [0.29, 0.717) is 34.1 Å². The highest BCUT2D eigenvalue weighted by Crippen LogP contribution is 2.38. The first kappa shape index (κ1) is 28.4. The number of aromatic nitrogens is 4. The van der Waals surface area contributed by atoms with Crippen LogP contribution in [0.2, 0.25) is 0 Å². The van der Waals surface area contributed by atoms with Gasteiger partial charge in [-0.3, -0.25) is 4.57 Å². The van der Waals surface area contributed by atoms with E-state index in [2.05, 4.69) is 30.9 Å². The molecule has 0 spiro atoms. The molecule has 0 saturated heterocycles. The second kappa shape index (κ2) is 10.5. The van der Waals surface area contributed by atoms with Gasteiger partial charge >= 0.3 is 6.03 Å². The van der Waals surface area contributed by atoms with Crippen molar-refractivity contribution in [2.45, 2.75) is 32.3 Å². The summed E-state index contributed by atoms with van der Waals surface area (Å²) >= 11 is 0. The number of hydrogen-bond acceptors (Lipinski definition) is 7. The molecule has 0 atom stereocenters. The Morgan fingerprint density at radius 1 is 0.953 bits per heavy atom. The number of carbonyl (C=O) groups excluding carboxylic acids is 1. The standard InChI is InChI=1S/C32H31N5O5S/c1-32(2,3)20-35(4)31(39)36-14-13-25-24(11-8-12-28(25)36)21-15-26(30-33-17-22(19-38)42-30)27-18-34-37(29(27)16-21)43(40,41)23-9-6-5-7-10-23/h5-18,38H,19-20H2,1-4H3. The fraction of sp³-hybridized carbons (Fsp3) is 0.219. The van der Waals surface area contributed by atoms with E-state index in [1.165, 1.54) is 24.5 Å². The topological polar surface area (TPSA) is 123 Å². The van der Waals surface area contributed by atoms with E-state index < -0.39 is 10.0 Å². The van der Waals surface area contributed by atoms with E-state index in [4.69, 9.17) is 4.42 Å². The third-order valence-corrected chi connectivity index (χ3v) is 8.77. The SMILES string of the molecule is CN(CC(C)(C)C)C(=O)n1ccc2c(-c3cc(-c4ncc(CO)o4)c4cnn(S(=O)(=O)c5ccccc5)c4c3)cccc21. The number of rotatable bonds is 6. The second-order valence-corrected chi connectivity index (χ2v) is 13.4. The molecule has 0 aliphatic carbocycles. The zero-order valence-corrected chi connectivity index (χ0v) is 25.0. The minimum atomic E-state index is -4.03. The van der Waals surface area contributed by atoms with E-state index in [9.17, 15) is 18.3 Å². The molecule has 0 radical (unpaired) electrons. The quantitative estimate of drug-likeness (QED) is 0.250. The Labute approximate surface area is 248 Å². The monoisotopic (exact) mass is 597 g/mol. The van der Waals surface area contributed by atoms with Gasteiger partial charge in [0.2, 0.25) is 5.89 Å². The van der Waals surface area contributed by atoms with E-state index in [1.54, 1.807) is 47.0 Å². The first-order valence-corrected chi connectivity index (χ1v) is 15.2. The molecule has 1 N–H and O–H groups in total. The molecule has 11 heteroatoms. The average molecular weight is 598 g/mol. The van der Waals surface area contributed by atoms with Crippen molar-refractivity contribution in [2.24, 2.45) is 5.41 Å². The summed E-state index contributed by atoms with van der Waals surface area (Å²) in [7, 11) is -2.25. The Hall–Kier alpha value is -4.74. The summed E-state index contributed by atoms with van der Waals surface area (Å²) in [6, 6.07) is 19.1. The maximum absolute atomic E-state index is 13.7. The number of aliphatic hydroxyl groups is 1. The second-order valence-electron chi connectivity index (χ2n) is 11.7. The molecule has 6 rings (SSSR count). The summed E-state index contributed by atoms with van der Waals surface area (Å²) in [5.41, 5.74) is 2.95. The van der Waals surface area contributed by atoms with Gasteiger partial charge in [-0.25, -0.2) is 9.78 Å². The average Bonchev–Trinajstić information content (AvgIpc) is 3.74. The molecule has 0 aliphatic rings. The zero-order chi connectivity index (χ0) is 30.5. The minimum absolute atomic E-state index is 0.0663. The van der Waals surface area contributed by atoms with Gasteiger partial charge in [0.25, 0.3) is 10.0 Å². The Morgan fingerprint density at radius 3 is 2.42 bits per heavy atom. The van der Waals surface area contributed by atoms with Crippen molar-refractivity contribution in [3.63, 3.8) is 0 Å². The van der Waals surface area contributed by atoms with E-state index in [-0.39, 0.29) is 34.6 Å². The molecule has 0 aliphatic heterocycles. The molecule has 6 aromatic rings. The lowest BCUT2D eigenvalue weighted by molar-refractivity contribution is 0.191. The first-order valence-electron chi connectivity index (χ1n) is 13.7. The van der Waals surface area contributed by atoms with Crippen molar-refractivity contribution in [3.05, 3.63) is 91.1 Å². The van der Waals surface area contributed by atoms with Gasteiger partial charge in [0.05, 0.1) is 28.3 Å². The van der Waals surface area contributed by atoms with Gasteiger partial charge < -0.3 is 14.4 Å². The normalized spacial score (nSPS) is 12.3. The van der Waals surface area contributed by atoms with Crippen molar-refractivity contribution in [1.29, 1.82) is 0 Å². The number of hydrogen-bond donors (Lipinski definition) is 1. The summed E-state index contributed by atoms with van der Waals surface area (Å²) in [6.45, 7) is 6.49. The lowest BCUT2D eigenvalue weighted by Crippen LogP contribution is -2.36. The third kappa shape index (κ3) is 5.10. The smallest absolute Gasteiger partial charge is 0.328 e. The Bertz CT molecular complexity index is 2090. The largest absolute Gasteiger partial charge is 0.439 e. The summed E-state index contributed by atoms with van der Waals surface area (Å²) in [4.78, 5) is 19.6. The number of oxazole rings is 1. The molecule has 3 aromatic carbocycles. The number of nitrogens with zero attached hydrogens (tertiary/aromatic N) is 5. The zero-order valence-electron chi connectivity index (χ0n) is 24.2. The Kier molecular flexibility index (Phi) is 6.94. The lowest BCUT2D eigenvalue weighted by atomic mass is 9.96. The number of benzene rings is 3. The van der Waals surface area contributed by atoms with Gasteiger partial charge in [-0.15, -0.1) is 0 Å². The molecule has 0 saturated carbocycles. The third-order valence-electron chi connectivity index (χ3n) is 7.15. The van der Waals surface area contributed by atoms with Gasteiger partial charge in [0, 0.05) is 36.1 Å². The number of amides is 1. The highest BCUT2D eigenvalue weighted by atomic mass is 32.2. The van der Waals surface area contributed by atoms with Crippen molar-refractivity contribution < 1.29 is 22.7 Å². The van der Waals surface area contributed by atoms with Gasteiger partial charge in [-0.1, -0.05) is 51.1 Å². The molecule has 1 amide bonds. The molecular formula is C32H31N5O5S. The van der Waals surface area contributed by atoms with Crippen LogP contribution in [-0.2, 0) is 16.6 Å². The van der Waals surface area contributed by atoms with Crippen molar-refractivity contribution >= 4 is 37.9 Å². The molecule has 0 unspecified atom stereocenters. The van der Waals surface area contributed by atoms with Crippen molar-refractivity contribution in [2.75, 3.05) is 13.6 Å². The van der Waals surface area contributed by atoms with Crippen molar-refractivity contribution in [1.82, 2.24) is 23.6 Å². The first-order chi connectivity index (χ1) is 20.5. The number of aliphatic hydroxyl groups excluding tert-OH is 1. The van der Waals surface area contributed by atoms with Crippen molar-refractivity contribution in [3.8, 4) is 22.6 Å². The van der Waals surface area contributed by atoms with Crippen LogP contribution < -0.4 is 0 Å². The van der Waals surface area contributed by atoms with Crippen LogP contribution in [0.5, 0.6) is 0 Å². The summed E-state index contributed by atoms with van der Waals surface area (Å²) < 4.78 is 35.8. The maximum Gasteiger partial charge on any atom is 0.328 e. The molecule has 3 heterocycles. The fourth-order valence-electron chi connectivity index (χ4n) is 5.37. The minimum Gasteiger partial charge on any atom is -0.439 e. The molecule has 220 valence electrons. The predicted molar refractivity (Wildman–Crippen MR) is 164 cm³/mol. The van der Waals surface area contributed by atoms with Crippen LogP contribution in [0.25, 0.3) is 44.4 Å². The van der Waals surface area contributed by atoms with Crippen LogP contribution in [0.4, 0.5) is 4.79 Å². The Balaban J connectivity index is 1.56. The summed E-state index contributed by atoms with van der Waals surface area (Å²) in [6.07, 6.45) is 4.65. The van der Waals surface area contributed by atoms with Gasteiger partial charge in [-0.2, -0.15) is 17.6 Å². The van der Waals surface area contributed by atoms with Gasteiger partial charge in [0.1, 0.15) is 12.4 Å². The molecule has 0 bridgehead atoms. The van der Waals surface area contributed by atoms with Crippen LogP contribution in [0.1, 0.15) is 26.5 Å². The highest BCUT2D eigenvalue weighted by molar-refractivity contribution is 7.90. The maximum atomic E-state index is 13.7.